The molecule has 0 bridgehead atoms. The van der Waals surface area contributed by atoms with E-state index in [-0.39, 0.29) is 10.0 Å². The highest BCUT2D eigenvalue weighted by molar-refractivity contribution is 7.93. The molecule has 0 unspecified atom stereocenters. The normalized spacial score (nSPS) is 11.7. The summed E-state index contributed by atoms with van der Waals surface area (Å²) in [6.07, 6.45) is 1.48. The van der Waals surface area contributed by atoms with Crippen molar-refractivity contribution < 1.29 is 17.6 Å². The minimum absolute atomic E-state index is 0.00477. The smallest absolute Gasteiger partial charge is 0.267 e. The van der Waals surface area contributed by atoms with Crippen LogP contribution >= 0.6 is 11.3 Å². The molecule has 4 aromatic rings. The zero-order valence-electron chi connectivity index (χ0n) is 18.6. The molecule has 12 heteroatoms. The molecular formula is C23H20FN5O4S2. The maximum Gasteiger partial charge on any atom is 0.267 e. The first-order valence-corrected chi connectivity index (χ1v) is 12.6. The van der Waals surface area contributed by atoms with Gasteiger partial charge in [0.25, 0.3) is 21.5 Å². The summed E-state index contributed by atoms with van der Waals surface area (Å²) in [5.41, 5.74) is -0.582. The standard InChI is InChI=1S/C23H20FN5O4S2/c1-23(2,29-20(30)12-11-19(27-29)15-3-5-16(24)6-4-15)21(31)26-17-7-9-18(10-8-17)35(32,33)28-22-25-13-14-34-22/h3-14H,1-2H3,(H,25,28)(H,26,31). The van der Waals surface area contributed by atoms with Gasteiger partial charge in [0.2, 0.25) is 0 Å². The van der Waals surface area contributed by atoms with Gasteiger partial charge >= 0.3 is 0 Å². The Bertz CT molecular complexity index is 1520. The van der Waals surface area contributed by atoms with Gasteiger partial charge in [0.1, 0.15) is 11.4 Å². The summed E-state index contributed by atoms with van der Waals surface area (Å²) >= 11 is 1.15. The number of hydrogen-bond acceptors (Lipinski definition) is 7. The molecule has 0 saturated carbocycles. The average Bonchev–Trinajstić information content (AvgIpc) is 3.32. The zero-order valence-corrected chi connectivity index (χ0v) is 20.2. The molecular weight excluding hydrogens is 493 g/mol. The second-order valence-electron chi connectivity index (χ2n) is 7.96. The molecule has 2 aromatic carbocycles. The van der Waals surface area contributed by atoms with Crippen LogP contribution < -0.4 is 15.6 Å². The fourth-order valence-corrected chi connectivity index (χ4v) is 4.92. The number of aromatic nitrogens is 3. The van der Waals surface area contributed by atoms with Crippen molar-refractivity contribution in [2.24, 2.45) is 0 Å². The number of nitrogens with one attached hydrogen (secondary N) is 2. The van der Waals surface area contributed by atoms with Crippen LogP contribution in [-0.2, 0) is 20.4 Å². The van der Waals surface area contributed by atoms with Crippen molar-refractivity contribution in [3.05, 3.63) is 88.4 Å². The zero-order chi connectivity index (χ0) is 25.2. The third kappa shape index (κ3) is 5.28. The fraction of sp³-hybridized carbons (Fsp3) is 0.130. The monoisotopic (exact) mass is 513 g/mol. The molecule has 0 radical (unpaired) electrons. The molecule has 0 spiro atoms. The Morgan fingerprint density at radius 1 is 1.03 bits per heavy atom. The Balaban J connectivity index is 1.54. The lowest BCUT2D eigenvalue weighted by Gasteiger charge is -2.25. The van der Waals surface area contributed by atoms with Gasteiger partial charge < -0.3 is 5.32 Å². The lowest BCUT2D eigenvalue weighted by Crippen LogP contribution is -2.47. The van der Waals surface area contributed by atoms with Crippen LogP contribution in [0.2, 0.25) is 0 Å². The van der Waals surface area contributed by atoms with Crippen molar-refractivity contribution in [3.8, 4) is 11.3 Å². The van der Waals surface area contributed by atoms with Crippen LogP contribution in [0.4, 0.5) is 15.2 Å². The van der Waals surface area contributed by atoms with Crippen LogP contribution in [0.15, 0.2) is 81.9 Å². The Morgan fingerprint density at radius 3 is 2.34 bits per heavy atom. The van der Waals surface area contributed by atoms with E-state index in [0.29, 0.717) is 16.9 Å². The Morgan fingerprint density at radius 2 is 1.71 bits per heavy atom. The van der Waals surface area contributed by atoms with Crippen LogP contribution in [0, 0.1) is 5.82 Å². The Labute approximate surface area is 204 Å². The highest BCUT2D eigenvalue weighted by Gasteiger charge is 2.32. The van der Waals surface area contributed by atoms with Crippen molar-refractivity contribution in [3.63, 3.8) is 0 Å². The number of thiazole rings is 1. The van der Waals surface area contributed by atoms with E-state index in [1.165, 1.54) is 80.7 Å². The number of halogens is 1. The van der Waals surface area contributed by atoms with Gasteiger partial charge in [0.15, 0.2) is 5.13 Å². The number of carbonyl (C=O) groups excluding carboxylic acids is 1. The Kier molecular flexibility index (Phi) is 6.50. The van der Waals surface area contributed by atoms with Crippen LogP contribution in [0.3, 0.4) is 0 Å². The van der Waals surface area contributed by atoms with Crippen molar-refractivity contribution in [1.82, 2.24) is 14.8 Å². The minimum Gasteiger partial charge on any atom is -0.324 e. The van der Waals surface area contributed by atoms with Crippen molar-refractivity contribution in [1.29, 1.82) is 0 Å². The lowest BCUT2D eigenvalue weighted by molar-refractivity contribution is -0.123. The molecule has 2 N–H and O–H groups in total. The van der Waals surface area contributed by atoms with Gasteiger partial charge in [-0.15, -0.1) is 11.3 Å². The first kappa shape index (κ1) is 24.2. The van der Waals surface area contributed by atoms with E-state index in [4.69, 9.17) is 0 Å². The molecule has 4 rings (SSSR count). The molecule has 0 saturated heterocycles. The van der Waals surface area contributed by atoms with Crippen molar-refractivity contribution >= 4 is 38.1 Å². The number of carbonyl (C=O) groups is 1. The number of benzene rings is 2. The quantitative estimate of drug-likeness (QED) is 0.389. The number of hydrogen-bond donors (Lipinski definition) is 2. The highest BCUT2D eigenvalue weighted by Crippen LogP contribution is 2.22. The first-order valence-electron chi connectivity index (χ1n) is 10.3. The molecule has 0 atom stereocenters. The predicted octanol–water partition coefficient (Wildman–Crippen LogP) is 3.68. The van der Waals surface area contributed by atoms with Gasteiger partial charge in [0.05, 0.1) is 10.6 Å². The highest BCUT2D eigenvalue weighted by atomic mass is 32.2. The minimum atomic E-state index is -3.83. The molecule has 9 nitrogen and oxygen atoms in total. The van der Waals surface area contributed by atoms with Crippen LogP contribution in [0.5, 0.6) is 0 Å². The molecule has 2 heterocycles. The van der Waals surface area contributed by atoms with Crippen molar-refractivity contribution in [2.75, 3.05) is 10.0 Å². The van der Waals surface area contributed by atoms with Crippen LogP contribution in [0.25, 0.3) is 11.3 Å². The summed E-state index contributed by atoms with van der Waals surface area (Å²) < 4.78 is 41.6. The molecule has 35 heavy (non-hydrogen) atoms. The van der Waals surface area contributed by atoms with Gasteiger partial charge in [-0.25, -0.2) is 22.5 Å². The number of nitrogens with zero attached hydrogens (tertiary/aromatic N) is 3. The largest absolute Gasteiger partial charge is 0.324 e. The van der Waals surface area contributed by atoms with Crippen LogP contribution in [-0.4, -0.2) is 29.1 Å². The second-order valence-corrected chi connectivity index (χ2v) is 10.5. The summed E-state index contributed by atoms with van der Waals surface area (Å²) in [5.74, 6) is -0.945. The van der Waals surface area contributed by atoms with E-state index in [2.05, 4.69) is 20.1 Å². The summed E-state index contributed by atoms with van der Waals surface area (Å²) in [6, 6.07) is 14.0. The average molecular weight is 514 g/mol. The van der Waals surface area contributed by atoms with Gasteiger partial charge in [0, 0.05) is 28.9 Å². The van der Waals surface area contributed by atoms with E-state index in [9.17, 15) is 22.4 Å². The van der Waals surface area contributed by atoms with E-state index in [1.54, 1.807) is 5.38 Å². The van der Waals surface area contributed by atoms with Gasteiger partial charge in [-0.2, -0.15) is 5.10 Å². The summed E-state index contributed by atoms with van der Waals surface area (Å²) in [4.78, 5) is 29.5. The SMILES string of the molecule is CC(C)(C(=O)Nc1ccc(S(=O)(=O)Nc2nccs2)cc1)n1nc(-c2ccc(F)cc2)ccc1=O. The lowest BCUT2D eigenvalue weighted by atomic mass is 10.0. The van der Waals surface area contributed by atoms with E-state index >= 15 is 0 Å². The Hall–Kier alpha value is -3.90. The molecule has 0 fully saturated rings. The molecule has 0 aliphatic carbocycles. The third-order valence-corrected chi connectivity index (χ3v) is 7.27. The summed E-state index contributed by atoms with van der Waals surface area (Å²) in [6.45, 7) is 3.06. The summed E-state index contributed by atoms with van der Waals surface area (Å²) in [5, 5.41) is 8.89. The molecule has 2 aromatic heterocycles. The maximum absolute atomic E-state index is 13.3. The van der Waals surface area contributed by atoms with Gasteiger partial charge in [-0.05, 0) is 68.4 Å². The fourth-order valence-electron chi connectivity index (χ4n) is 3.13. The van der Waals surface area contributed by atoms with E-state index in [0.717, 1.165) is 16.0 Å². The number of amides is 1. The van der Waals surface area contributed by atoms with Crippen molar-refractivity contribution in [2.45, 2.75) is 24.3 Å². The van der Waals surface area contributed by atoms with Gasteiger partial charge in [-0.1, -0.05) is 0 Å². The molecule has 0 aliphatic heterocycles. The third-order valence-electron chi connectivity index (χ3n) is 5.10. The molecule has 1 amide bonds. The van der Waals surface area contributed by atoms with Crippen LogP contribution in [0.1, 0.15) is 13.8 Å². The van der Waals surface area contributed by atoms with Gasteiger partial charge in [-0.3, -0.25) is 14.3 Å². The molecule has 0 aliphatic rings. The number of rotatable bonds is 7. The van der Waals surface area contributed by atoms with E-state index < -0.39 is 32.8 Å². The second kappa shape index (κ2) is 9.39. The predicted molar refractivity (Wildman–Crippen MR) is 131 cm³/mol. The number of sulfonamides is 1. The first-order chi connectivity index (χ1) is 16.6. The molecule has 180 valence electrons. The maximum atomic E-state index is 13.3. The topological polar surface area (TPSA) is 123 Å². The van der Waals surface area contributed by atoms with E-state index in [1.807, 2.05) is 0 Å². The summed E-state index contributed by atoms with van der Waals surface area (Å²) in [7, 11) is -3.83. The number of anilines is 2.